The lowest BCUT2D eigenvalue weighted by Gasteiger charge is -2.33. The molecule has 1 fully saturated rings. The molecule has 4 aromatic rings. The van der Waals surface area contributed by atoms with Crippen LogP contribution in [0.3, 0.4) is 0 Å². The van der Waals surface area contributed by atoms with E-state index in [-0.39, 0.29) is 5.69 Å². The molecule has 5 rings (SSSR count). The Bertz CT molecular complexity index is 1270. The first kappa shape index (κ1) is 20.7. The van der Waals surface area contributed by atoms with E-state index in [2.05, 4.69) is 26.8 Å². The van der Waals surface area contributed by atoms with Gasteiger partial charge >= 0.3 is 5.69 Å². The molecule has 8 heteroatoms. The molecule has 2 aromatic carbocycles. The Hall–Kier alpha value is -2.22. The highest BCUT2D eigenvalue weighted by Gasteiger charge is 2.24. The van der Waals surface area contributed by atoms with Crippen molar-refractivity contribution in [1.29, 1.82) is 0 Å². The summed E-state index contributed by atoms with van der Waals surface area (Å²) in [5, 5.41) is 1.79. The first-order chi connectivity index (χ1) is 15.1. The molecule has 1 aliphatic heterocycles. The van der Waals surface area contributed by atoms with Crippen LogP contribution >= 0.6 is 23.4 Å². The molecule has 0 amide bonds. The Labute approximate surface area is 190 Å². The number of rotatable bonds is 6. The Morgan fingerprint density at radius 1 is 1.13 bits per heavy atom. The van der Waals surface area contributed by atoms with Crippen LogP contribution in [-0.4, -0.2) is 49.9 Å². The number of thioether (sulfide) groups is 1. The average molecular weight is 456 g/mol. The van der Waals surface area contributed by atoms with Gasteiger partial charge in [-0.3, -0.25) is 4.57 Å². The predicted octanol–water partition coefficient (Wildman–Crippen LogP) is 4.78. The molecule has 1 saturated heterocycles. The van der Waals surface area contributed by atoms with E-state index in [0.29, 0.717) is 6.04 Å². The number of hydrogen-bond acceptors (Lipinski definition) is 4. The van der Waals surface area contributed by atoms with Gasteiger partial charge in [-0.15, -0.1) is 0 Å². The Morgan fingerprint density at radius 3 is 2.74 bits per heavy atom. The molecule has 0 radical (unpaired) electrons. The van der Waals surface area contributed by atoms with Crippen LogP contribution in [0, 0.1) is 0 Å². The van der Waals surface area contributed by atoms with Crippen LogP contribution in [0.4, 0.5) is 0 Å². The third-order valence-corrected chi connectivity index (χ3v) is 7.15. The summed E-state index contributed by atoms with van der Waals surface area (Å²) in [5.41, 5.74) is 4.03. The molecule has 3 heterocycles. The van der Waals surface area contributed by atoms with Gasteiger partial charge in [-0.2, -0.15) is 0 Å². The Kier molecular flexibility index (Phi) is 5.82. The highest BCUT2D eigenvalue weighted by Crippen LogP contribution is 2.33. The van der Waals surface area contributed by atoms with E-state index in [0.717, 1.165) is 72.2 Å². The maximum absolute atomic E-state index is 12.3. The van der Waals surface area contributed by atoms with E-state index in [4.69, 9.17) is 16.6 Å². The molecule has 0 atom stereocenters. The van der Waals surface area contributed by atoms with Gasteiger partial charge in [-0.25, -0.2) is 9.78 Å². The minimum Gasteiger partial charge on any atom is -0.316 e. The zero-order valence-corrected chi connectivity index (χ0v) is 19.1. The van der Waals surface area contributed by atoms with Crippen molar-refractivity contribution in [2.24, 2.45) is 0 Å². The minimum absolute atomic E-state index is 0.0170. The Balaban J connectivity index is 1.22. The number of nitrogens with zero attached hydrogens (tertiary/aromatic N) is 4. The predicted molar refractivity (Wildman–Crippen MR) is 128 cm³/mol. The summed E-state index contributed by atoms with van der Waals surface area (Å²) in [6.45, 7) is 3.88. The number of fused-ring (bicyclic) bond motifs is 2. The molecule has 6 nitrogen and oxygen atoms in total. The zero-order chi connectivity index (χ0) is 21.4. The van der Waals surface area contributed by atoms with Crippen molar-refractivity contribution in [3.63, 3.8) is 0 Å². The van der Waals surface area contributed by atoms with Gasteiger partial charge in [0.1, 0.15) is 0 Å². The summed E-state index contributed by atoms with van der Waals surface area (Å²) in [6.07, 6.45) is 5.26. The highest BCUT2D eigenvalue weighted by molar-refractivity contribution is 7.98. The zero-order valence-electron chi connectivity index (χ0n) is 17.6. The van der Waals surface area contributed by atoms with Crippen LogP contribution in [0.2, 0.25) is 5.02 Å². The minimum atomic E-state index is -0.0170. The molecule has 31 heavy (non-hydrogen) atoms. The molecular formula is C23H26ClN5OS. The van der Waals surface area contributed by atoms with Crippen molar-refractivity contribution in [2.45, 2.75) is 37.0 Å². The van der Waals surface area contributed by atoms with E-state index < -0.39 is 0 Å². The smallest absolute Gasteiger partial charge is 0.316 e. The van der Waals surface area contributed by atoms with Gasteiger partial charge < -0.3 is 14.5 Å². The van der Waals surface area contributed by atoms with Gasteiger partial charge in [-0.1, -0.05) is 35.5 Å². The molecule has 0 bridgehead atoms. The fourth-order valence-corrected chi connectivity index (χ4v) is 5.53. The highest BCUT2D eigenvalue weighted by atomic mass is 35.5. The number of para-hydroxylation sites is 2. The lowest BCUT2D eigenvalue weighted by molar-refractivity contribution is 0.180. The number of halogens is 1. The fraction of sp³-hybridized carbons (Fsp3) is 0.391. The van der Waals surface area contributed by atoms with Crippen LogP contribution < -0.4 is 5.69 Å². The van der Waals surface area contributed by atoms with Gasteiger partial charge in [0.05, 0.1) is 22.1 Å². The van der Waals surface area contributed by atoms with Crippen molar-refractivity contribution in [2.75, 3.05) is 25.9 Å². The van der Waals surface area contributed by atoms with E-state index in [9.17, 15) is 4.79 Å². The van der Waals surface area contributed by atoms with Gasteiger partial charge in [0.15, 0.2) is 5.16 Å². The standard InChI is InChI=1S/C23H26ClN5OS/c1-31-23-26-19-15-16(24)7-8-21(19)29(23)17-9-13-27(14-10-17)11-4-12-28-20-6-3-2-5-18(20)25-22(28)30/h2-3,5-8,15,17H,4,9-14H2,1H3,(H,25,30). The number of piperidine rings is 1. The number of aromatic amines is 1. The van der Waals surface area contributed by atoms with Crippen LogP contribution in [0.15, 0.2) is 52.4 Å². The summed E-state index contributed by atoms with van der Waals surface area (Å²) >= 11 is 7.87. The molecular weight excluding hydrogens is 430 g/mol. The number of imidazole rings is 2. The van der Waals surface area contributed by atoms with E-state index in [1.165, 1.54) is 5.52 Å². The van der Waals surface area contributed by atoms with E-state index in [1.807, 2.05) is 41.0 Å². The molecule has 0 aliphatic carbocycles. The molecule has 162 valence electrons. The molecule has 2 aromatic heterocycles. The summed E-state index contributed by atoms with van der Waals surface area (Å²) in [7, 11) is 0. The third-order valence-electron chi connectivity index (χ3n) is 6.26. The Morgan fingerprint density at radius 2 is 1.94 bits per heavy atom. The van der Waals surface area contributed by atoms with E-state index in [1.54, 1.807) is 11.8 Å². The van der Waals surface area contributed by atoms with E-state index >= 15 is 0 Å². The SMILES string of the molecule is CSc1nc2cc(Cl)ccc2n1C1CCN(CCCn2c(=O)[nH]c3ccccc32)CC1. The first-order valence-corrected chi connectivity index (χ1v) is 12.4. The number of benzene rings is 2. The number of aromatic nitrogens is 4. The van der Waals surface area contributed by atoms with Crippen molar-refractivity contribution in [3.05, 3.63) is 58.0 Å². The first-order valence-electron chi connectivity index (χ1n) is 10.8. The van der Waals surface area contributed by atoms with Crippen LogP contribution in [-0.2, 0) is 6.54 Å². The normalized spacial score (nSPS) is 15.9. The van der Waals surface area contributed by atoms with Crippen molar-refractivity contribution in [3.8, 4) is 0 Å². The summed E-state index contributed by atoms with van der Waals surface area (Å²) in [6, 6.07) is 14.3. The largest absolute Gasteiger partial charge is 0.326 e. The second-order valence-corrected chi connectivity index (χ2v) is 9.34. The summed E-state index contributed by atoms with van der Waals surface area (Å²) < 4.78 is 4.26. The monoisotopic (exact) mass is 455 g/mol. The number of likely N-dealkylation sites (tertiary alicyclic amines) is 1. The number of H-pyrrole nitrogens is 1. The lowest BCUT2D eigenvalue weighted by Crippen LogP contribution is -2.36. The number of aryl methyl sites for hydroxylation is 1. The maximum Gasteiger partial charge on any atom is 0.326 e. The van der Waals surface area contributed by atoms with Gasteiger partial charge in [0.25, 0.3) is 0 Å². The quantitative estimate of drug-likeness (QED) is 0.425. The average Bonchev–Trinajstić information content (AvgIpc) is 3.31. The maximum atomic E-state index is 12.3. The third kappa shape index (κ3) is 4.02. The van der Waals surface area contributed by atoms with Crippen LogP contribution in [0.25, 0.3) is 22.1 Å². The lowest BCUT2D eigenvalue weighted by atomic mass is 10.0. The van der Waals surface area contributed by atoms with Gasteiger partial charge in [0, 0.05) is 30.7 Å². The van der Waals surface area contributed by atoms with Crippen molar-refractivity contribution in [1.82, 2.24) is 24.0 Å². The second kappa shape index (κ2) is 8.73. The summed E-state index contributed by atoms with van der Waals surface area (Å²) in [5.74, 6) is 0. The number of hydrogen-bond donors (Lipinski definition) is 1. The van der Waals surface area contributed by atoms with Crippen molar-refractivity contribution >= 4 is 45.4 Å². The second-order valence-electron chi connectivity index (χ2n) is 8.13. The molecule has 0 unspecified atom stereocenters. The van der Waals surface area contributed by atoms with Crippen LogP contribution in [0.5, 0.6) is 0 Å². The van der Waals surface area contributed by atoms with Crippen LogP contribution in [0.1, 0.15) is 25.3 Å². The molecule has 0 saturated carbocycles. The topological polar surface area (TPSA) is 58.9 Å². The van der Waals surface area contributed by atoms with Crippen molar-refractivity contribution < 1.29 is 0 Å². The molecule has 1 aliphatic rings. The van der Waals surface area contributed by atoms with Gasteiger partial charge in [0.2, 0.25) is 0 Å². The number of nitrogens with one attached hydrogen (secondary N) is 1. The fourth-order valence-electron chi connectivity index (χ4n) is 4.73. The summed E-state index contributed by atoms with van der Waals surface area (Å²) in [4.78, 5) is 22.5. The molecule has 1 N–H and O–H groups in total. The molecule has 0 spiro atoms. The van der Waals surface area contributed by atoms with Gasteiger partial charge in [-0.05, 0) is 62.4 Å².